The predicted octanol–water partition coefficient (Wildman–Crippen LogP) is 35.4. The van der Waals surface area contributed by atoms with Crippen LogP contribution in [0.25, 0.3) is 0 Å². The van der Waals surface area contributed by atoms with Crippen LogP contribution in [-0.2, 0) is 65.0 Å². The molecule has 6 rings (SSSR count). The maximum absolute atomic E-state index is 14.8. The molecule has 0 radical (unpaired) electrons. The molecule has 0 aliphatic heterocycles. The van der Waals surface area contributed by atoms with Crippen LogP contribution in [0.5, 0.6) is 0 Å². The molecule has 656 valence electrons. The number of benzene rings is 3. The molecule has 6 aromatic rings. The Labute approximate surface area is 715 Å². The summed E-state index contributed by atoms with van der Waals surface area (Å²) in [4.78, 5) is 14.0. The van der Waals surface area contributed by atoms with E-state index in [1.165, 1.54) is 139 Å². The molecule has 0 amide bonds. The monoisotopic (exact) mass is 1590 g/mol. The Bertz CT molecular complexity index is 3330. The first kappa shape index (κ1) is 110. The molecule has 0 unspecified atom stereocenters. The highest BCUT2D eigenvalue weighted by molar-refractivity contribution is 5.43. The van der Waals surface area contributed by atoms with Crippen LogP contribution in [0, 0.1) is 39.3 Å². The average Bonchev–Trinajstić information content (AvgIpc) is 0.837. The highest BCUT2D eigenvalue weighted by Gasteiger charge is 2.36. The zero-order valence-corrected chi connectivity index (χ0v) is 82.7. The second-order valence-corrected chi connectivity index (χ2v) is 38.3. The molecule has 0 saturated carbocycles. The number of nitrogens with zero attached hydrogens (tertiary/aromatic N) is 3. The van der Waals surface area contributed by atoms with E-state index in [2.05, 4.69) is 355 Å². The van der Waals surface area contributed by atoms with Gasteiger partial charge < -0.3 is 0 Å². The van der Waals surface area contributed by atoms with Crippen molar-refractivity contribution in [1.29, 1.82) is 0 Å². The van der Waals surface area contributed by atoms with Gasteiger partial charge in [0.05, 0.1) is 5.69 Å². The third-order valence-electron chi connectivity index (χ3n) is 33.0. The van der Waals surface area contributed by atoms with Gasteiger partial charge in [0.1, 0.15) is 11.6 Å². The number of hydrogen-bond donors (Lipinski definition) is 0. The Morgan fingerprint density at radius 2 is 0.478 bits per heavy atom. The van der Waals surface area contributed by atoms with Gasteiger partial charge in [-0.05, 0) is 327 Å². The Morgan fingerprint density at radius 1 is 0.217 bits per heavy atom. The first-order chi connectivity index (χ1) is 53.2. The van der Waals surface area contributed by atoms with Gasteiger partial charge in [0, 0.05) is 46.2 Å². The molecule has 0 atom stereocenters. The van der Waals surface area contributed by atoms with E-state index in [9.17, 15) is 8.78 Å². The molecule has 0 aliphatic carbocycles. The SMILES string of the molecule is C.CCC(C)(CC)c1cc(C)c(C(C)(CC)CC)c(F)c1.CCC(C)(CC)c1cc(C)c(C(C)(CC)CC)cn1.CCC(C)(CC)c1ccc(C(C)(CC)CC)c(C)c1.CCC(C)(CC)c1ccc(C(C)(CC)CC)c(C)c1.CCC(C)(CC)c1ccc(C(C)(CC)CC)nc1.CCC(C)(CC)c1cnc(C(C)(CC)CC)c(F)c1. The summed E-state index contributed by atoms with van der Waals surface area (Å²) in [7, 11) is 0. The van der Waals surface area contributed by atoms with E-state index in [0.717, 1.165) is 99.3 Å². The van der Waals surface area contributed by atoms with Crippen molar-refractivity contribution in [3.8, 4) is 0 Å². The lowest BCUT2D eigenvalue weighted by Gasteiger charge is -2.33. The molecule has 0 saturated heterocycles. The second kappa shape index (κ2) is 47.8. The minimum Gasteiger partial charge on any atom is -0.260 e. The van der Waals surface area contributed by atoms with Crippen LogP contribution in [0.2, 0.25) is 0 Å². The van der Waals surface area contributed by atoms with Crippen molar-refractivity contribution in [2.24, 2.45) is 0 Å². The smallest absolute Gasteiger partial charge is 0.145 e. The van der Waals surface area contributed by atoms with Gasteiger partial charge in [-0.3, -0.25) is 15.0 Å². The summed E-state index contributed by atoms with van der Waals surface area (Å²) in [6.07, 6.45) is 32.9. The van der Waals surface area contributed by atoms with E-state index >= 15 is 0 Å². The number of hydrogen-bond acceptors (Lipinski definition) is 3. The number of aryl methyl sites for hydroxylation is 4. The summed E-state index contributed by atoms with van der Waals surface area (Å²) in [5, 5.41) is 0. The zero-order valence-electron chi connectivity index (χ0n) is 82.7. The highest BCUT2D eigenvalue weighted by Crippen LogP contribution is 2.44. The fourth-order valence-electron chi connectivity index (χ4n) is 16.7. The van der Waals surface area contributed by atoms with Gasteiger partial charge in [-0.25, -0.2) is 8.78 Å². The van der Waals surface area contributed by atoms with Crippen molar-refractivity contribution >= 4 is 0 Å². The average molecular weight is 1590 g/mol. The number of pyridine rings is 3. The standard InChI is InChI=1S/C19H31F.2C19H32.C18H31N.C17H28FN.C17H29N.CH4/c1-8-18(6,9-2)15-12-14(5)17(16(20)13-15)19(7,10-3)11-4;2*1-8-18(6,9-2)16-12-13-17(15(5)14-16)19(7,10-3)11-4;1-8-17(6,9-2)15-13-19-16(12-14(15)5)18(7,10-3)11-4;1-7-16(5,8-2)13-11-14(18)15(19-12-13)17(6,9-3)10-4;1-7-16(5,8-2)14-11-12-15(18-13-14)17(6,9-3)10-4;/h12-13H,8-11H2,1-7H3;2*12-14H,8-11H2,1-7H3;12-13H,8-11H2,1-7H3;11-12H,7-10H2,1-6H3;11-13H,7-10H2,1-6H3;1H4. The largest absolute Gasteiger partial charge is 0.260 e. The van der Waals surface area contributed by atoms with Crippen LogP contribution in [0.1, 0.15) is 500 Å². The highest BCUT2D eigenvalue weighted by atomic mass is 19.1. The Balaban J connectivity index is 0.00000135. The van der Waals surface area contributed by atoms with Crippen LogP contribution in [0.15, 0.2) is 91.4 Å². The van der Waals surface area contributed by atoms with E-state index in [-0.39, 0.29) is 62.4 Å². The molecule has 0 spiro atoms. The fourth-order valence-corrected chi connectivity index (χ4v) is 16.7. The molecule has 3 heterocycles. The predicted molar refractivity (Wildman–Crippen MR) is 513 cm³/mol. The zero-order chi connectivity index (χ0) is 88.1. The van der Waals surface area contributed by atoms with Crippen molar-refractivity contribution in [3.63, 3.8) is 0 Å². The van der Waals surface area contributed by atoms with Gasteiger partial charge >= 0.3 is 0 Å². The lowest BCUT2D eigenvalue weighted by Crippen LogP contribution is -2.25. The molecule has 3 nitrogen and oxygen atoms in total. The normalized spacial score (nSPS) is 12.7. The van der Waals surface area contributed by atoms with Gasteiger partial charge in [-0.15, -0.1) is 0 Å². The minimum atomic E-state index is -0.155. The summed E-state index contributed by atoms with van der Waals surface area (Å²) in [5.74, 6) is -0.156. The molecule has 0 aliphatic rings. The molecule has 3 aromatic carbocycles. The molecule has 0 bridgehead atoms. The van der Waals surface area contributed by atoms with Gasteiger partial charge in [0.25, 0.3) is 0 Å². The molecule has 115 heavy (non-hydrogen) atoms. The van der Waals surface area contributed by atoms with Gasteiger partial charge in [-0.1, -0.05) is 305 Å². The number of aromatic nitrogens is 3. The Kier molecular flexibility index (Phi) is 45.7. The van der Waals surface area contributed by atoms with Crippen LogP contribution < -0.4 is 0 Å². The second-order valence-electron chi connectivity index (χ2n) is 38.3. The van der Waals surface area contributed by atoms with Crippen molar-refractivity contribution in [1.82, 2.24) is 15.0 Å². The van der Waals surface area contributed by atoms with E-state index in [1.54, 1.807) is 12.1 Å². The summed E-state index contributed by atoms with van der Waals surface area (Å²) >= 11 is 0. The van der Waals surface area contributed by atoms with Gasteiger partial charge in [0.15, 0.2) is 0 Å². The minimum absolute atomic E-state index is 0. The first-order valence-corrected chi connectivity index (χ1v) is 46.8. The molecule has 5 heteroatoms. The van der Waals surface area contributed by atoms with Crippen molar-refractivity contribution in [3.05, 3.63) is 192 Å². The molecule has 0 fully saturated rings. The van der Waals surface area contributed by atoms with Crippen molar-refractivity contribution in [2.75, 3.05) is 0 Å². The fraction of sp³-hybridized carbons (Fsp3) is 0.700. The Hall–Kier alpha value is -5.03. The molecular formula is C110H187F2N3. The van der Waals surface area contributed by atoms with E-state index < -0.39 is 0 Å². The summed E-state index contributed by atoms with van der Waals surface area (Å²) in [5.41, 5.74) is 22.8. The van der Waals surface area contributed by atoms with Gasteiger partial charge in [-0.2, -0.15) is 0 Å². The Morgan fingerprint density at radius 3 is 0.774 bits per heavy atom. The van der Waals surface area contributed by atoms with Crippen LogP contribution in [0.3, 0.4) is 0 Å². The third-order valence-corrected chi connectivity index (χ3v) is 33.0. The summed E-state index contributed by atoms with van der Waals surface area (Å²) in [6.45, 7) is 90.2. The first-order valence-electron chi connectivity index (χ1n) is 46.8. The van der Waals surface area contributed by atoms with E-state index in [4.69, 9.17) is 9.97 Å². The lowest BCUT2D eigenvalue weighted by molar-refractivity contribution is 0.392. The maximum atomic E-state index is 14.8. The van der Waals surface area contributed by atoms with Crippen LogP contribution in [-0.4, -0.2) is 15.0 Å². The van der Waals surface area contributed by atoms with Crippen LogP contribution in [0.4, 0.5) is 8.78 Å². The van der Waals surface area contributed by atoms with E-state index in [0.29, 0.717) is 27.4 Å². The third kappa shape index (κ3) is 26.5. The lowest BCUT2D eigenvalue weighted by atomic mass is 9.72. The number of rotatable bonds is 36. The topological polar surface area (TPSA) is 38.7 Å². The molecule has 3 aromatic heterocycles. The quantitative estimate of drug-likeness (QED) is 0.0393. The molecule has 0 N–H and O–H groups in total. The van der Waals surface area contributed by atoms with E-state index in [1.807, 2.05) is 6.20 Å². The summed E-state index contributed by atoms with van der Waals surface area (Å²) < 4.78 is 29.2. The van der Waals surface area contributed by atoms with Crippen molar-refractivity contribution in [2.45, 2.75) is 503 Å². The van der Waals surface area contributed by atoms with Crippen LogP contribution >= 0.6 is 0 Å². The number of halogens is 2. The van der Waals surface area contributed by atoms with Gasteiger partial charge in [0.2, 0.25) is 0 Å². The maximum Gasteiger partial charge on any atom is 0.145 e. The van der Waals surface area contributed by atoms with Crippen molar-refractivity contribution < 1.29 is 8.78 Å². The molecular weight excluding hydrogens is 1400 g/mol. The summed E-state index contributed by atoms with van der Waals surface area (Å²) in [6, 6.07) is 27.0.